The summed E-state index contributed by atoms with van der Waals surface area (Å²) in [5.74, 6) is -2.54. The molecule has 3 aromatic rings. The summed E-state index contributed by atoms with van der Waals surface area (Å²) in [7, 11) is 0. The molecule has 0 bridgehead atoms. The number of ether oxygens (including phenoxy) is 1. The van der Waals surface area contributed by atoms with Crippen molar-refractivity contribution in [3.8, 4) is 5.75 Å². The van der Waals surface area contributed by atoms with Crippen molar-refractivity contribution in [2.45, 2.75) is 19.1 Å². The molecular formula is C20H19N3O6. The quantitative estimate of drug-likeness (QED) is 0.333. The molecule has 0 saturated carbocycles. The van der Waals surface area contributed by atoms with Crippen molar-refractivity contribution in [1.29, 1.82) is 0 Å². The highest BCUT2D eigenvalue weighted by molar-refractivity contribution is 6.45. The van der Waals surface area contributed by atoms with Crippen molar-refractivity contribution >= 4 is 28.6 Å². The van der Waals surface area contributed by atoms with Crippen LogP contribution in [0.3, 0.4) is 0 Å². The lowest BCUT2D eigenvalue weighted by molar-refractivity contribution is -0.144. The van der Waals surface area contributed by atoms with E-state index in [2.05, 4.69) is 15.3 Å². The van der Waals surface area contributed by atoms with Crippen molar-refractivity contribution in [3.63, 3.8) is 0 Å². The Labute approximate surface area is 165 Å². The van der Waals surface area contributed by atoms with Gasteiger partial charge in [0.15, 0.2) is 6.10 Å². The zero-order chi connectivity index (χ0) is 21.0. The summed E-state index contributed by atoms with van der Waals surface area (Å²) in [5, 5.41) is 21.9. The number of hydrogen-bond donors (Lipinski definition) is 4. The molecule has 9 heteroatoms. The van der Waals surface area contributed by atoms with E-state index in [1.165, 1.54) is 19.3 Å². The second-order valence-electron chi connectivity index (χ2n) is 6.32. The van der Waals surface area contributed by atoms with Crippen molar-refractivity contribution in [2.75, 3.05) is 6.54 Å². The summed E-state index contributed by atoms with van der Waals surface area (Å²) in [5.41, 5.74) is 1.04. The van der Waals surface area contributed by atoms with Gasteiger partial charge in [-0.1, -0.05) is 18.2 Å². The number of aliphatic carboxylic acids is 1. The Kier molecular flexibility index (Phi) is 5.89. The van der Waals surface area contributed by atoms with Gasteiger partial charge in [0, 0.05) is 36.1 Å². The first-order chi connectivity index (χ1) is 13.9. The number of fused-ring (bicyclic) bond motifs is 1. The number of carbonyl (C=O) groups is 3. The Balaban J connectivity index is 1.73. The summed E-state index contributed by atoms with van der Waals surface area (Å²) >= 11 is 0. The molecule has 1 amide bonds. The summed E-state index contributed by atoms with van der Waals surface area (Å²) in [6, 6.07) is 8.10. The monoisotopic (exact) mass is 397 g/mol. The molecule has 1 aromatic carbocycles. The molecule has 0 aliphatic heterocycles. The fraction of sp³-hybridized carbons (Fsp3) is 0.200. The number of Topliss-reactive ketones (excluding diaryl/α,β-unsaturated/α-hetero) is 1. The number of nitrogens with zero attached hydrogens (tertiary/aromatic N) is 1. The summed E-state index contributed by atoms with van der Waals surface area (Å²) < 4.78 is 5.39. The topological polar surface area (TPSA) is 142 Å². The predicted molar refractivity (Wildman–Crippen MR) is 103 cm³/mol. The molecular weight excluding hydrogens is 378 g/mol. The molecule has 150 valence electrons. The molecule has 0 spiro atoms. The molecule has 2 heterocycles. The number of rotatable bonds is 8. The van der Waals surface area contributed by atoms with Gasteiger partial charge in [0.25, 0.3) is 11.7 Å². The van der Waals surface area contributed by atoms with E-state index in [9.17, 15) is 19.5 Å². The normalized spacial score (nSPS) is 12.9. The number of H-pyrrole nitrogens is 1. The zero-order valence-corrected chi connectivity index (χ0v) is 15.5. The molecule has 9 nitrogen and oxygen atoms in total. The van der Waals surface area contributed by atoms with Gasteiger partial charge in [0.1, 0.15) is 5.75 Å². The third-order valence-corrected chi connectivity index (χ3v) is 4.30. The van der Waals surface area contributed by atoms with Crippen LogP contribution in [0.2, 0.25) is 0 Å². The van der Waals surface area contributed by atoms with Crippen molar-refractivity contribution < 1.29 is 29.3 Å². The van der Waals surface area contributed by atoms with Crippen LogP contribution in [0.5, 0.6) is 5.75 Å². The maximum absolute atomic E-state index is 12.5. The number of carboxylic acids is 1. The zero-order valence-electron chi connectivity index (χ0n) is 15.5. The molecule has 4 N–H and O–H groups in total. The Bertz CT molecular complexity index is 1050. The van der Waals surface area contributed by atoms with Crippen LogP contribution in [-0.4, -0.2) is 50.5 Å². The van der Waals surface area contributed by atoms with E-state index < -0.39 is 29.9 Å². The van der Waals surface area contributed by atoms with Gasteiger partial charge >= 0.3 is 5.97 Å². The lowest BCUT2D eigenvalue weighted by Gasteiger charge is -2.12. The molecule has 2 aromatic heterocycles. The fourth-order valence-electron chi connectivity index (χ4n) is 2.74. The van der Waals surface area contributed by atoms with Gasteiger partial charge in [-0.2, -0.15) is 0 Å². The number of pyridine rings is 1. The second-order valence-corrected chi connectivity index (χ2v) is 6.32. The average molecular weight is 397 g/mol. The summed E-state index contributed by atoms with van der Waals surface area (Å²) in [6.07, 6.45) is 2.31. The number of aromatic amines is 1. The van der Waals surface area contributed by atoms with Gasteiger partial charge in [-0.15, -0.1) is 0 Å². The highest BCUT2D eigenvalue weighted by Gasteiger charge is 2.23. The van der Waals surface area contributed by atoms with Gasteiger partial charge in [0.05, 0.1) is 17.2 Å². The molecule has 3 rings (SSSR count). The van der Waals surface area contributed by atoms with E-state index in [0.29, 0.717) is 16.5 Å². The van der Waals surface area contributed by atoms with Crippen LogP contribution in [0.4, 0.5) is 0 Å². The van der Waals surface area contributed by atoms with Crippen molar-refractivity contribution in [3.05, 3.63) is 60.0 Å². The molecule has 0 aliphatic carbocycles. The van der Waals surface area contributed by atoms with Crippen molar-refractivity contribution in [1.82, 2.24) is 15.3 Å². The van der Waals surface area contributed by atoms with Crippen LogP contribution >= 0.6 is 0 Å². The number of para-hydroxylation sites is 1. The van der Waals surface area contributed by atoms with Crippen LogP contribution in [0, 0.1) is 0 Å². The maximum atomic E-state index is 12.5. The largest absolute Gasteiger partial charge is 0.479 e. The summed E-state index contributed by atoms with van der Waals surface area (Å²) in [6.45, 7) is 1.24. The maximum Gasteiger partial charge on any atom is 0.344 e. The van der Waals surface area contributed by atoms with E-state index >= 15 is 0 Å². The lowest BCUT2D eigenvalue weighted by atomic mass is 10.1. The first kappa shape index (κ1) is 20.0. The first-order valence-corrected chi connectivity index (χ1v) is 8.78. The minimum atomic E-state index is -1.13. The molecule has 0 aliphatic rings. The van der Waals surface area contributed by atoms with Gasteiger partial charge in [-0.3, -0.25) is 14.6 Å². The molecule has 0 unspecified atom stereocenters. The number of hydrogen-bond acceptors (Lipinski definition) is 6. The molecule has 0 saturated heterocycles. The minimum Gasteiger partial charge on any atom is -0.479 e. The van der Waals surface area contributed by atoms with Gasteiger partial charge < -0.3 is 25.3 Å². The number of benzene rings is 1. The second kappa shape index (κ2) is 8.53. The highest BCUT2D eigenvalue weighted by Crippen LogP contribution is 2.28. The Morgan fingerprint density at radius 3 is 2.72 bits per heavy atom. The number of nitrogens with one attached hydrogen (secondary N) is 2. The number of aliphatic hydroxyl groups is 1. The van der Waals surface area contributed by atoms with Crippen LogP contribution in [0.15, 0.2) is 48.9 Å². The third kappa shape index (κ3) is 4.41. The van der Waals surface area contributed by atoms with Crippen LogP contribution in [-0.2, 0) is 9.59 Å². The average Bonchev–Trinajstić information content (AvgIpc) is 3.16. The summed E-state index contributed by atoms with van der Waals surface area (Å²) in [4.78, 5) is 42.6. The number of aromatic nitrogens is 2. The number of amides is 1. The Morgan fingerprint density at radius 2 is 2.03 bits per heavy atom. The van der Waals surface area contributed by atoms with Gasteiger partial charge in [-0.05, 0) is 19.1 Å². The minimum absolute atomic E-state index is 0.113. The molecule has 29 heavy (non-hydrogen) atoms. The number of aliphatic hydroxyl groups excluding tert-OH is 1. The number of carbonyl (C=O) groups excluding carboxylic acids is 2. The molecule has 2 atom stereocenters. The molecule has 0 fully saturated rings. The van der Waals surface area contributed by atoms with Crippen LogP contribution < -0.4 is 10.1 Å². The van der Waals surface area contributed by atoms with Crippen molar-refractivity contribution in [2.24, 2.45) is 0 Å². The first-order valence-electron chi connectivity index (χ1n) is 8.78. The van der Waals surface area contributed by atoms with E-state index in [4.69, 9.17) is 9.84 Å². The van der Waals surface area contributed by atoms with E-state index in [1.807, 2.05) is 0 Å². The number of carboxylic acid groups (broad SMARTS) is 1. The fourth-order valence-corrected chi connectivity index (χ4v) is 2.74. The Morgan fingerprint density at radius 1 is 1.24 bits per heavy atom. The standard InChI is InChI=1S/C20H19N3O6/c1-11(20(27)28)29-16-6-2-5-13-14(9-22-17(13)16)18(25)19(26)23-10-15(24)12-4-3-7-21-8-12/h2-9,11,15,22,24H,10H2,1H3,(H,23,26)(H,27,28)/t11-,15-/m0/s1. The smallest absolute Gasteiger partial charge is 0.344 e. The number of ketones is 1. The third-order valence-electron chi connectivity index (χ3n) is 4.30. The SMILES string of the molecule is C[C@H](Oc1cccc2c(C(=O)C(=O)NC[C@H](O)c3cccnc3)c[nH]c12)C(=O)O. The van der Waals surface area contributed by atoms with Crippen LogP contribution in [0.25, 0.3) is 10.9 Å². The predicted octanol–water partition coefficient (Wildman–Crippen LogP) is 1.45. The highest BCUT2D eigenvalue weighted by atomic mass is 16.5. The molecule has 0 radical (unpaired) electrons. The van der Waals surface area contributed by atoms with Gasteiger partial charge in [-0.25, -0.2) is 4.79 Å². The van der Waals surface area contributed by atoms with E-state index in [-0.39, 0.29) is 17.9 Å². The van der Waals surface area contributed by atoms with E-state index in [0.717, 1.165) is 0 Å². The van der Waals surface area contributed by atoms with Gasteiger partial charge in [0.2, 0.25) is 0 Å². The lowest BCUT2D eigenvalue weighted by Crippen LogP contribution is -2.34. The van der Waals surface area contributed by atoms with E-state index in [1.54, 1.807) is 36.5 Å². The Hall–Kier alpha value is -3.72. The van der Waals surface area contributed by atoms with Crippen LogP contribution in [0.1, 0.15) is 28.9 Å².